The van der Waals surface area contributed by atoms with E-state index in [1.54, 1.807) is 0 Å². The molecule has 1 heterocycles. The normalized spacial score (nSPS) is 22.2. The van der Waals surface area contributed by atoms with E-state index in [2.05, 4.69) is 5.32 Å². The van der Waals surface area contributed by atoms with E-state index in [0.29, 0.717) is 18.8 Å². The molecule has 2 aliphatic rings. The second-order valence-electron chi connectivity index (χ2n) is 7.64. The molecule has 0 spiro atoms. The zero-order chi connectivity index (χ0) is 21.4. The Morgan fingerprint density at radius 3 is 2.28 bits per heavy atom. The van der Waals surface area contributed by atoms with Gasteiger partial charge in [0, 0.05) is 30.4 Å². The topological polar surface area (TPSA) is 49.4 Å². The van der Waals surface area contributed by atoms with Crippen LogP contribution in [0.5, 0.6) is 0 Å². The van der Waals surface area contributed by atoms with Crippen molar-refractivity contribution in [3.8, 4) is 0 Å². The van der Waals surface area contributed by atoms with Crippen molar-refractivity contribution in [3.05, 3.63) is 29.3 Å². The van der Waals surface area contributed by atoms with E-state index in [1.165, 1.54) is 6.07 Å². The first kappa shape index (κ1) is 22.2. The lowest BCUT2D eigenvalue weighted by Crippen LogP contribution is -2.44. The van der Waals surface area contributed by atoms with Gasteiger partial charge in [-0.05, 0) is 30.9 Å². The number of benzene rings is 1. The summed E-state index contributed by atoms with van der Waals surface area (Å²) in [6.07, 6.45) is 0.420. The minimum Gasteiger partial charge on any atom is -0.381 e. The molecule has 1 aliphatic carbocycles. The molecule has 29 heavy (non-hydrogen) atoms. The summed E-state index contributed by atoms with van der Waals surface area (Å²) in [6, 6.07) is 2.54. The molecule has 0 unspecified atom stereocenters. The van der Waals surface area contributed by atoms with Crippen molar-refractivity contribution in [2.45, 2.75) is 62.8 Å². The Hall–Kier alpha value is -1.49. The van der Waals surface area contributed by atoms with Gasteiger partial charge in [-0.15, -0.1) is 0 Å². The largest absolute Gasteiger partial charge is 0.511 e. The summed E-state index contributed by atoms with van der Waals surface area (Å²) in [5, 5.41) is 2.88. The maximum absolute atomic E-state index is 13.4. The minimum atomic E-state index is -5.77. The fraction of sp³-hybridized carbons (Fsp3) is 0.667. The first-order chi connectivity index (χ1) is 13.4. The monoisotopic (exact) mass is 444 g/mol. The van der Waals surface area contributed by atoms with E-state index >= 15 is 0 Å². The predicted molar refractivity (Wildman–Crippen MR) is 95.4 cm³/mol. The van der Waals surface area contributed by atoms with Crippen LogP contribution in [0.3, 0.4) is 0 Å². The van der Waals surface area contributed by atoms with Crippen LogP contribution in [0.15, 0.2) is 18.2 Å². The number of hydrogen-bond acceptors (Lipinski definition) is 3. The quantitative estimate of drug-likeness (QED) is 0.656. The minimum absolute atomic E-state index is 0.0242. The summed E-state index contributed by atoms with van der Waals surface area (Å²) in [4.78, 5) is 0. The summed E-state index contributed by atoms with van der Waals surface area (Å²) < 4.78 is 104. The number of hydrogen-bond donors (Lipinski definition) is 1. The molecule has 1 aromatic carbocycles. The van der Waals surface area contributed by atoms with Gasteiger partial charge in [0.2, 0.25) is 0 Å². The van der Waals surface area contributed by atoms with Crippen molar-refractivity contribution >= 4 is 15.7 Å². The molecule has 11 heteroatoms. The van der Waals surface area contributed by atoms with Crippen LogP contribution in [0.1, 0.15) is 49.7 Å². The highest BCUT2D eigenvalue weighted by atomic mass is 32.2. The van der Waals surface area contributed by atoms with E-state index in [1.807, 2.05) is 0 Å². The molecular formula is C18H22F6N2O2S. The van der Waals surface area contributed by atoms with E-state index in [-0.39, 0.29) is 9.99 Å². The molecule has 0 amide bonds. The van der Waals surface area contributed by atoms with Crippen LogP contribution in [-0.2, 0) is 22.7 Å². The average molecular weight is 444 g/mol. The van der Waals surface area contributed by atoms with Crippen LogP contribution in [0.4, 0.5) is 32.0 Å². The molecule has 1 aromatic rings. The summed E-state index contributed by atoms with van der Waals surface area (Å²) in [5.74, 6) is 0.411. The highest BCUT2D eigenvalue weighted by Gasteiger charge is 2.51. The number of rotatable bonds is 4. The standard InChI is InChI=1S/C18H22F6N2O2S/c19-17(20,21)15-6-3-7-16-14(15)11-26(29(27,28)18(22,23)24)10-13(25-16)9-8-12-4-1-2-5-12/h3,6-7,12-13,25H,1-2,4-5,8-11H2/t13-/m0/s1. The second kappa shape index (κ2) is 7.98. The average Bonchev–Trinajstić information content (AvgIpc) is 3.04. The third kappa shape index (κ3) is 4.82. The van der Waals surface area contributed by atoms with Crippen molar-refractivity contribution in [1.82, 2.24) is 4.31 Å². The van der Waals surface area contributed by atoms with Crippen LogP contribution in [0.2, 0.25) is 0 Å². The maximum Gasteiger partial charge on any atom is 0.511 e. The lowest BCUT2D eigenvalue weighted by Gasteiger charge is -2.26. The highest BCUT2D eigenvalue weighted by molar-refractivity contribution is 7.89. The summed E-state index contributed by atoms with van der Waals surface area (Å²) in [7, 11) is -5.77. The molecule has 0 bridgehead atoms. The van der Waals surface area contributed by atoms with Gasteiger partial charge < -0.3 is 5.32 Å². The Morgan fingerprint density at radius 1 is 1.03 bits per heavy atom. The van der Waals surface area contributed by atoms with Gasteiger partial charge in [-0.3, -0.25) is 0 Å². The first-order valence-electron chi connectivity index (χ1n) is 9.41. The van der Waals surface area contributed by atoms with Crippen molar-refractivity contribution in [1.29, 1.82) is 0 Å². The van der Waals surface area contributed by atoms with Gasteiger partial charge in [0.25, 0.3) is 0 Å². The highest BCUT2D eigenvalue weighted by Crippen LogP contribution is 2.39. The van der Waals surface area contributed by atoms with E-state index < -0.39 is 52.0 Å². The van der Waals surface area contributed by atoms with Gasteiger partial charge in [0.1, 0.15) is 0 Å². The summed E-state index contributed by atoms with van der Waals surface area (Å²) in [6.45, 7) is -1.53. The van der Waals surface area contributed by atoms with Crippen molar-refractivity contribution in [2.75, 3.05) is 11.9 Å². The van der Waals surface area contributed by atoms with E-state index in [4.69, 9.17) is 0 Å². The molecular weight excluding hydrogens is 422 g/mol. The predicted octanol–water partition coefficient (Wildman–Crippen LogP) is 5.12. The number of alkyl halides is 6. The van der Waals surface area contributed by atoms with Gasteiger partial charge in [0.15, 0.2) is 0 Å². The van der Waals surface area contributed by atoms with Gasteiger partial charge >= 0.3 is 21.7 Å². The molecule has 1 aliphatic heterocycles. The zero-order valence-corrected chi connectivity index (χ0v) is 16.3. The number of fused-ring (bicyclic) bond motifs is 1. The number of sulfonamides is 1. The lowest BCUT2D eigenvalue weighted by molar-refractivity contribution is -0.138. The molecule has 0 aromatic heterocycles. The van der Waals surface area contributed by atoms with Crippen molar-refractivity contribution in [3.63, 3.8) is 0 Å². The van der Waals surface area contributed by atoms with Crippen LogP contribution in [-0.4, -0.2) is 30.8 Å². The summed E-state index contributed by atoms with van der Waals surface area (Å²) in [5.41, 5.74) is -7.19. The lowest BCUT2D eigenvalue weighted by atomic mass is 9.98. The Bertz CT molecular complexity index is 832. The molecule has 3 rings (SSSR count). The number of anilines is 1. The molecule has 4 nitrogen and oxygen atoms in total. The zero-order valence-electron chi connectivity index (χ0n) is 15.5. The van der Waals surface area contributed by atoms with Crippen LogP contribution in [0, 0.1) is 5.92 Å². The van der Waals surface area contributed by atoms with Crippen molar-refractivity contribution in [2.24, 2.45) is 5.92 Å². The summed E-state index contributed by atoms with van der Waals surface area (Å²) >= 11 is 0. The maximum atomic E-state index is 13.4. The molecule has 0 saturated heterocycles. The first-order valence-corrected chi connectivity index (χ1v) is 10.9. The van der Waals surface area contributed by atoms with Crippen LogP contribution in [0.25, 0.3) is 0 Å². The smallest absolute Gasteiger partial charge is 0.381 e. The fourth-order valence-electron chi connectivity index (χ4n) is 4.14. The Labute approximate surface area is 165 Å². The number of nitrogens with one attached hydrogen (secondary N) is 1. The van der Waals surface area contributed by atoms with Crippen molar-refractivity contribution < 1.29 is 34.8 Å². The second-order valence-corrected chi connectivity index (χ2v) is 9.57. The Balaban J connectivity index is 1.96. The van der Waals surface area contributed by atoms with Crippen LogP contribution >= 0.6 is 0 Å². The van der Waals surface area contributed by atoms with Gasteiger partial charge in [-0.1, -0.05) is 31.7 Å². The Morgan fingerprint density at radius 2 is 1.69 bits per heavy atom. The third-order valence-electron chi connectivity index (χ3n) is 5.63. The van der Waals surface area contributed by atoms with E-state index in [0.717, 1.165) is 37.8 Å². The molecule has 0 radical (unpaired) electrons. The molecule has 164 valence electrons. The van der Waals surface area contributed by atoms with Gasteiger partial charge in [0.05, 0.1) is 5.56 Å². The fourth-order valence-corrected chi connectivity index (χ4v) is 5.11. The SMILES string of the molecule is O=S(=O)(N1Cc2c(cccc2C(F)(F)F)N[C@@H](CCC2CCCC2)C1)C(F)(F)F. The Kier molecular flexibility index (Phi) is 6.11. The molecule has 1 saturated carbocycles. The molecule has 1 atom stereocenters. The van der Waals surface area contributed by atoms with Crippen LogP contribution < -0.4 is 5.32 Å². The van der Waals surface area contributed by atoms with Gasteiger partial charge in [-0.2, -0.15) is 30.6 Å². The molecule has 1 N–H and O–H groups in total. The van der Waals surface area contributed by atoms with Gasteiger partial charge in [-0.25, -0.2) is 8.42 Å². The molecule has 1 fully saturated rings. The number of nitrogens with zero attached hydrogens (tertiary/aromatic N) is 1. The third-order valence-corrected chi connectivity index (χ3v) is 7.17. The van der Waals surface area contributed by atoms with E-state index in [9.17, 15) is 34.8 Å². The number of halogens is 6.